The molecule has 0 bridgehead atoms. The Morgan fingerprint density at radius 3 is 2.45 bits per heavy atom. The minimum absolute atomic E-state index is 0.150. The number of nitrogens with one attached hydrogen (secondary N) is 1. The van der Waals surface area contributed by atoms with Gasteiger partial charge in [-0.1, -0.05) is 23.7 Å². The van der Waals surface area contributed by atoms with Gasteiger partial charge in [-0.3, -0.25) is 0 Å². The van der Waals surface area contributed by atoms with Gasteiger partial charge in [0.05, 0.1) is 35.3 Å². The normalized spacial score (nSPS) is 18.7. The number of nitrogens with zero attached hydrogens (tertiary/aromatic N) is 4. The van der Waals surface area contributed by atoms with E-state index in [0.29, 0.717) is 34.8 Å². The number of benzene rings is 1. The lowest BCUT2D eigenvalue weighted by Crippen LogP contribution is -2.36. The fourth-order valence-electron chi connectivity index (χ4n) is 4.72. The molecule has 206 valence electrons. The van der Waals surface area contributed by atoms with Gasteiger partial charge in [0.2, 0.25) is 5.95 Å². The quantitative estimate of drug-likeness (QED) is 0.366. The number of aromatic nitrogens is 3. The molecule has 1 aliphatic rings. The molecule has 1 aliphatic carbocycles. The summed E-state index contributed by atoms with van der Waals surface area (Å²) in [7, 11) is 0.262. The van der Waals surface area contributed by atoms with Crippen molar-refractivity contribution >= 4 is 38.4 Å². The topological polar surface area (TPSA) is 88.1 Å². The summed E-state index contributed by atoms with van der Waals surface area (Å²) in [4.78, 5) is 16.1. The lowest BCUT2D eigenvalue weighted by atomic mass is 9.91. The number of aryl methyl sites for hydroxylation is 1. The van der Waals surface area contributed by atoms with E-state index in [1.165, 1.54) is 6.07 Å². The van der Waals surface area contributed by atoms with Crippen LogP contribution in [0.1, 0.15) is 43.2 Å². The third-order valence-corrected chi connectivity index (χ3v) is 8.85. The maximum Gasteiger partial charge on any atom is 0.390 e. The number of sulfone groups is 1. The van der Waals surface area contributed by atoms with Crippen molar-refractivity contribution in [2.45, 2.75) is 63.0 Å². The number of hydrogen-bond donors (Lipinski definition) is 1. The highest BCUT2D eigenvalue weighted by atomic mass is 35.5. The minimum Gasteiger partial charge on any atom is -0.351 e. The molecule has 0 atom stereocenters. The van der Waals surface area contributed by atoms with Crippen LogP contribution in [0.3, 0.4) is 0 Å². The molecular weight excluding hydrogens is 539 g/mol. The number of anilines is 1. The smallest absolute Gasteiger partial charge is 0.351 e. The van der Waals surface area contributed by atoms with E-state index in [9.17, 15) is 21.6 Å². The zero-order chi connectivity index (χ0) is 27.7. The predicted octanol–water partition coefficient (Wildman–Crippen LogP) is 5.81. The van der Waals surface area contributed by atoms with Crippen LogP contribution in [0, 0.1) is 6.92 Å². The Morgan fingerprint density at radius 1 is 1.11 bits per heavy atom. The first-order chi connectivity index (χ1) is 17.8. The van der Waals surface area contributed by atoms with Gasteiger partial charge in [0, 0.05) is 22.7 Å². The van der Waals surface area contributed by atoms with Crippen LogP contribution in [0.5, 0.6) is 0 Å². The summed E-state index contributed by atoms with van der Waals surface area (Å²) in [5.74, 6) is -0.969. The first kappa shape index (κ1) is 28.5. The number of alkyl halides is 3. The van der Waals surface area contributed by atoms with E-state index in [0.717, 1.165) is 36.8 Å². The molecule has 4 rings (SSSR count). The molecule has 1 aromatic carbocycles. The number of hydrogen-bond acceptors (Lipinski definition) is 7. The summed E-state index contributed by atoms with van der Waals surface area (Å²) in [6.07, 6.45) is 0.123. The summed E-state index contributed by atoms with van der Waals surface area (Å²) < 4.78 is 61.6. The molecule has 0 spiro atoms. The Balaban J connectivity index is 1.49. The lowest BCUT2D eigenvalue weighted by Gasteiger charge is -2.32. The molecule has 2 aromatic heterocycles. The zero-order valence-corrected chi connectivity index (χ0v) is 23.1. The highest BCUT2D eigenvalue weighted by molar-refractivity contribution is 7.90. The van der Waals surface area contributed by atoms with Gasteiger partial charge in [0.15, 0.2) is 9.84 Å². The summed E-state index contributed by atoms with van der Waals surface area (Å²) in [6.45, 7) is 1.93. The maximum atomic E-state index is 12.4. The van der Waals surface area contributed by atoms with Gasteiger partial charge >= 0.3 is 6.18 Å². The second-order valence-corrected chi connectivity index (χ2v) is 12.7. The van der Waals surface area contributed by atoms with Crippen LogP contribution in [0.25, 0.3) is 22.3 Å². The van der Waals surface area contributed by atoms with E-state index in [2.05, 4.69) is 34.3 Å². The van der Waals surface area contributed by atoms with Crippen LogP contribution in [-0.4, -0.2) is 66.4 Å². The monoisotopic (exact) mass is 569 g/mol. The standard InChI is InChI=1S/C26H31ClF3N5O2S/c1-16-12-22(17-4-5-18(21(27)13-17)15-38(36,37)11-10-26(28,29)30)33-23-14-31-25(34-24(16)23)32-19-6-8-20(9-7-19)35(2)3/h4-5,12-14,19-20H,6-11,15H2,1-3H3,(H,31,32,34). The van der Waals surface area contributed by atoms with E-state index in [1.54, 1.807) is 18.3 Å². The number of pyridine rings is 1. The van der Waals surface area contributed by atoms with Gasteiger partial charge < -0.3 is 10.2 Å². The van der Waals surface area contributed by atoms with Gasteiger partial charge in [-0.2, -0.15) is 13.2 Å². The molecule has 12 heteroatoms. The molecule has 0 amide bonds. The SMILES string of the molecule is Cc1cc(-c2ccc(CS(=O)(=O)CCC(F)(F)F)c(Cl)c2)nc2cnc(NC3CCC(N(C)C)CC3)nc12. The van der Waals surface area contributed by atoms with Gasteiger partial charge in [0.25, 0.3) is 0 Å². The summed E-state index contributed by atoms with van der Waals surface area (Å²) in [5, 5.41) is 3.61. The lowest BCUT2D eigenvalue weighted by molar-refractivity contribution is -0.129. The molecule has 38 heavy (non-hydrogen) atoms. The molecule has 1 fully saturated rings. The third-order valence-electron chi connectivity index (χ3n) is 6.92. The van der Waals surface area contributed by atoms with Crippen molar-refractivity contribution in [1.29, 1.82) is 0 Å². The predicted molar refractivity (Wildman–Crippen MR) is 144 cm³/mol. The fraction of sp³-hybridized carbons (Fsp3) is 0.500. The second kappa shape index (κ2) is 11.3. The van der Waals surface area contributed by atoms with Gasteiger partial charge in [0.1, 0.15) is 5.52 Å². The van der Waals surface area contributed by atoms with Crippen molar-refractivity contribution in [3.05, 3.63) is 46.6 Å². The first-order valence-electron chi connectivity index (χ1n) is 12.4. The zero-order valence-electron chi connectivity index (χ0n) is 21.5. The van der Waals surface area contributed by atoms with Crippen molar-refractivity contribution < 1.29 is 21.6 Å². The van der Waals surface area contributed by atoms with Crippen molar-refractivity contribution in [1.82, 2.24) is 19.9 Å². The fourth-order valence-corrected chi connectivity index (χ4v) is 6.46. The van der Waals surface area contributed by atoms with Crippen LogP contribution < -0.4 is 5.32 Å². The number of rotatable bonds is 8. The first-order valence-corrected chi connectivity index (χ1v) is 14.6. The van der Waals surface area contributed by atoms with Crippen LogP contribution in [0.2, 0.25) is 5.02 Å². The van der Waals surface area contributed by atoms with Gasteiger partial charge in [-0.25, -0.2) is 23.4 Å². The van der Waals surface area contributed by atoms with Crippen molar-refractivity contribution in [2.24, 2.45) is 0 Å². The largest absolute Gasteiger partial charge is 0.390 e. The van der Waals surface area contributed by atoms with E-state index in [4.69, 9.17) is 16.6 Å². The molecule has 3 aromatic rings. The maximum absolute atomic E-state index is 12.4. The molecular formula is C26H31ClF3N5O2S. The molecule has 1 saturated carbocycles. The second-order valence-electron chi connectivity index (χ2n) is 10.1. The Hall–Kier alpha value is -2.50. The molecule has 7 nitrogen and oxygen atoms in total. The number of fused-ring (bicyclic) bond motifs is 1. The van der Waals surface area contributed by atoms with E-state index < -0.39 is 33.9 Å². The van der Waals surface area contributed by atoms with Crippen LogP contribution in [0.15, 0.2) is 30.5 Å². The van der Waals surface area contributed by atoms with E-state index in [1.807, 2.05) is 13.0 Å². The summed E-state index contributed by atoms with van der Waals surface area (Å²) >= 11 is 6.32. The molecule has 0 radical (unpaired) electrons. The molecule has 2 heterocycles. The average molecular weight is 570 g/mol. The Bertz CT molecular complexity index is 1410. The third kappa shape index (κ3) is 7.33. The minimum atomic E-state index is -4.54. The van der Waals surface area contributed by atoms with Crippen molar-refractivity contribution in [3.8, 4) is 11.3 Å². The molecule has 0 saturated heterocycles. The van der Waals surface area contributed by atoms with E-state index >= 15 is 0 Å². The summed E-state index contributed by atoms with van der Waals surface area (Å²) in [6, 6.07) is 7.55. The van der Waals surface area contributed by atoms with Crippen molar-refractivity contribution in [3.63, 3.8) is 0 Å². The highest BCUT2D eigenvalue weighted by Gasteiger charge is 2.30. The Labute approximate surface area is 225 Å². The van der Waals surface area contributed by atoms with E-state index in [-0.39, 0.29) is 10.6 Å². The van der Waals surface area contributed by atoms with Gasteiger partial charge in [-0.15, -0.1) is 0 Å². The highest BCUT2D eigenvalue weighted by Crippen LogP contribution is 2.30. The van der Waals surface area contributed by atoms with Crippen LogP contribution in [-0.2, 0) is 15.6 Å². The molecule has 0 aliphatic heterocycles. The van der Waals surface area contributed by atoms with Crippen LogP contribution in [0.4, 0.5) is 19.1 Å². The van der Waals surface area contributed by atoms with Crippen LogP contribution >= 0.6 is 11.6 Å². The average Bonchev–Trinajstić information content (AvgIpc) is 2.84. The summed E-state index contributed by atoms with van der Waals surface area (Å²) in [5.41, 5.74) is 3.73. The van der Waals surface area contributed by atoms with Gasteiger partial charge in [-0.05, 0) is 70.0 Å². The Morgan fingerprint density at radius 2 is 1.82 bits per heavy atom. The molecule has 0 unspecified atom stereocenters. The molecule has 1 N–H and O–H groups in total. The van der Waals surface area contributed by atoms with Crippen molar-refractivity contribution in [2.75, 3.05) is 25.2 Å². The number of halogens is 4. The Kier molecular flexibility index (Phi) is 8.49.